The number of nitro groups is 1. The number of rotatable bonds is 6. The first kappa shape index (κ1) is 15.5. The standard InChI is InChI=1S/C13H12N2O4S2/c1-8-11(12(16)17)21-13(14-8)20-7-6-9-2-4-10(5-3-9)15(18)19/h2-5H,6-7H2,1H3,(H,16,17). The average Bonchev–Trinajstić information content (AvgIpc) is 2.80. The second-order valence-corrected chi connectivity index (χ2v) is 6.56. The summed E-state index contributed by atoms with van der Waals surface area (Å²) >= 11 is 2.66. The van der Waals surface area contributed by atoms with Gasteiger partial charge in [0.1, 0.15) is 4.88 Å². The average molecular weight is 324 g/mol. The molecule has 0 aliphatic carbocycles. The fraction of sp³-hybridized carbons (Fsp3) is 0.231. The van der Waals surface area contributed by atoms with Crippen molar-refractivity contribution in [3.05, 3.63) is 50.5 Å². The van der Waals surface area contributed by atoms with Gasteiger partial charge in [0.15, 0.2) is 4.34 Å². The summed E-state index contributed by atoms with van der Waals surface area (Å²) in [6.07, 6.45) is 0.740. The molecule has 1 N–H and O–H groups in total. The molecular weight excluding hydrogens is 312 g/mol. The largest absolute Gasteiger partial charge is 0.477 e. The van der Waals surface area contributed by atoms with Crippen LogP contribution in [0.25, 0.3) is 0 Å². The van der Waals surface area contributed by atoms with Crippen molar-refractivity contribution in [2.24, 2.45) is 0 Å². The number of aromatic carboxylic acids is 1. The molecule has 0 saturated carbocycles. The van der Waals surface area contributed by atoms with Crippen LogP contribution in [0, 0.1) is 17.0 Å². The van der Waals surface area contributed by atoms with Crippen LogP contribution in [0.3, 0.4) is 0 Å². The van der Waals surface area contributed by atoms with E-state index in [2.05, 4.69) is 4.98 Å². The van der Waals surface area contributed by atoms with Crippen LogP contribution in [0.15, 0.2) is 28.6 Å². The highest BCUT2D eigenvalue weighted by molar-refractivity contribution is 8.01. The molecule has 0 aliphatic rings. The molecule has 21 heavy (non-hydrogen) atoms. The number of non-ortho nitro benzene ring substituents is 1. The number of benzene rings is 1. The highest BCUT2D eigenvalue weighted by Crippen LogP contribution is 2.27. The molecule has 1 aromatic heterocycles. The zero-order valence-corrected chi connectivity index (χ0v) is 12.7. The van der Waals surface area contributed by atoms with Gasteiger partial charge >= 0.3 is 5.97 Å². The topological polar surface area (TPSA) is 93.3 Å². The van der Waals surface area contributed by atoms with Crippen LogP contribution in [-0.4, -0.2) is 26.7 Å². The Bertz CT molecular complexity index is 667. The molecule has 0 atom stereocenters. The number of thioether (sulfide) groups is 1. The molecule has 0 amide bonds. The van der Waals surface area contributed by atoms with Crippen molar-refractivity contribution < 1.29 is 14.8 Å². The molecule has 0 aliphatic heterocycles. The number of nitro benzene ring substituents is 1. The molecule has 0 bridgehead atoms. The zero-order chi connectivity index (χ0) is 15.4. The molecule has 1 aromatic carbocycles. The van der Waals surface area contributed by atoms with Crippen molar-refractivity contribution in [1.29, 1.82) is 0 Å². The zero-order valence-electron chi connectivity index (χ0n) is 11.1. The van der Waals surface area contributed by atoms with Crippen molar-refractivity contribution in [3.8, 4) is 0 Å². The van der Waals surface area contributed by atoms with E-state index >= 15 is 0 Å². The lowest BCUT2D eigenvalue weighted by Crippen LogP contribution is -1.94. The third kappa shape index (κ3) is 4.02. The summed E-state index contributed by atoms with van der Waals surface area (Å²) in [5.74, 6) is -0.212. The van der Waals surface area contributed by atoms with Gasteiger partial charge in [-0.25, -0.2) is 9.78 Å². The first-order valence-electron chi connectivity index (χ1n) is 6.04. The van der Waals surface area contributed by atoms with Gasteiger partial charge in [-0.05, 0) is 18.9 Å². The van der Waals surface area contributed by atoms with Gasteiger partial charge in [-0.15, -0.1) is 11.3 Å². The van der Waals surface area contributed by atoms with Crippen LogP contribution in [-0.2, 0) is 6.42 Å². The van der Waals surface area contributed by atoms with Gasteiger partial charge in [0.05, 0.1) is 10.6 Å². The van der Waals surface area contributed by atoms with Crippen LogP contribution in [0.4, 0.5) is 5.69 Å². The predicted octanol–water partition coefficient (Wildman–Crippen LogP) is 3.39. The molecule has 0 radical (unpaired) electrons. The Balaban J connectivity index is 1.90. The molecule has 0 fully saturated rings. The quantitative estimate of drug-likeness (QED) is 0.497. The Morgan fingerprint density at radius 2 is 2.10 bits per heavy atom. The number of carboxylic acid groups (broad SMARTS) is 1. The SMILES string of the molecule is Cc1nc(SCCc2ccc([N+](=O)[O-])cc2)sc1C(=O)O. The molecule has 0 saturated heterocycles. The maximum atomic E-state index is 10.9. The minimum atomic E-state index is -0.952. The lowest BCUT2D eigenvalue weighted by molar-refractivity contribution is -0.384. The maximum Gasteiger partial charge on any atom is 0.347 e. The summed E-state index contributed by atoms with van der Waals surface area (Å²) in [6.45, 7) is 1.68. The first-order chi connectivity index (χ1) is 9.97. The Labute approximate surface area is 129 Å². The van der Waals surface area contributed by atoms with Crippen molar-refractivity contribution in [3.63, 3.8) is 0 Å². The third-order valence-corrected chi connectivity index (χ3v) is 5.02. The normalized spacial score (nSPS) is 10.5. The van der Waals surface area contributed by atoms with Gasteiger partial charge < -0.3 is 5.11 Å². The monoisotopic (exact) mass is 324 g/mol. The van der Waals surface area contributed by atoms with Crippen molar-refractivity contribution in [2.45, 2.75) is 17.7 Å². The van der Waals surface area contributed by atoms with Gasteiger partial charge in [-0.3, -0.25) is 10.1 Å². The van der Waals surface area contributed by atoms with Gasteiger partial charge in [0.25, 0.3) is 5.69 Å². The predicted molar refractivity (Wildman–Crippen MR) is 81.3 cm³/mol. The van der Waals surface area contributed by atoms with Crippen molar-refractivity contribution in [1.82, 2.24) is 4.98 Å². The molecule has 0 spiro atoms. The number of nitrogens with zero attached hydrogens (tertiary/aromatic N) is 2. The van der Waals surface area contributed by atoms with Gasteiger partial charge in [0, 0.05) is 17.9 Å². The minimum absolute atomic E-state index is 0.0769. The third-order valence-electron chi connectivity index (χ3n) is 2.73. The second-order valence-electron chi connectivity index (χ2n) is 4.22. The van der Waals surface area contributed by atoms with E-state index in [1.807, 2.05) is 0 Å². The summed E-state index contributed by atoms with van der Waals surface area (Å²) in [6, 6.07) is 6.43. The van der Waals surface area contributed by atoms with E-state index in [4.69, 9.17) is 5.11 Å². The maximum absolute atomic E-state index is 10.9. The highest BCUT2D eigenvalue weighted by atomic mass is 32.2. The summed E-state index contributed by atoms with van der Waals surface area (Å²) in [7, 11) is 0. The second kappa shape index (κ2) is 6.68. The number of thiazole rings is 1. The van der Waals surface area contributed by atoms with E-state index in [9.17, 15) is 14.9 Å². The number of hydrogen-bond donors (Lipinski definition) is 1. The van der Waals surface area contributed by atoms with E-state index in [1.165, 1.54) is 35.2 Å². The van der Waals surface area contributed by atoms with E-state index < -0.39 is 10.9 Å². The van der Waals surface area contributed by atoms with Crippen molar-refractivity contribution in [2.75, 3.05) is 5.75 Å². The number of aromatic nitrogens is 1. The van der Waals surface area contributed by atoms with Crippen LogP contribution in [0.1, 0.15) is 20.9 Å². The summed E-state index contributed by atoms with van der Waals surface area (Å²) in [5, 5.41) is 19.5. The molecule has 8 heteroatoms. The Morgan fingerprint density at radius 3 is 2.62 bits per heavy atom. The van der Waals surface area contributed by atoms with Crippen LogP contribution in [0.5, 0.6) is 0 Å². The fourth-order valence-corrected chi connectivity index (χ4v) is 3.76. The van der Waals surface area contributed by atoms with E-state index in [-0.39, 0.29) is 10.6 Å². The number of aryl methyl sites for hydroxylation is 2. The lowest BCUT2D eigenvalue weighted by Gasteiger charge is -1.99. The minimum Gasteiger partial charge on any atom is -0.477 e. The molecule has 110 valence electrons. The van der Waals surface area contributed by atoms with E-state index in [0.717, 1.165) is 22.1 Å². The smallest absolute Gasteiger partial charge is 0.347 e. The molecule has 2 rings (SSSR count). The number of carboxylic acids is 1. The summed E-state index contributed by atoms with van der Waals surface area (Å²) < 4.78 is 0.729. The summed E-state index contributed by atoms with van der Waals surface area (Å²) in [5.41, 5.74) is 1.61. The van der Waals surface area contributed by atoms with Crippen LogP contribution in [0.2, 0.25) is 0 Å². The van der Waals surface area contributed by atoms with E-state index in [0.29, 0.717) is 5.69 Å². The van der Waals surface area contributed by atoms with Gasteiger partial charge in [-0.2, -0.15) is 0 Å². The highest BCUT2D eigenvalue weighted by Gasteiger charge is 2.14. The van der Waals surface area contributed by atoms with Gasteiger partial charge in [0.2, 0.25) is 0 Å². The Hall–Kier alpha value is -1.93. The molecule has 2 aromatic rings. The van der Waals surface area contributed by atoms with E-state index in [1.54, 1.807) is 19.1 Å². The molecule has 0 unspecified atom stereocenters. The lowest BCUT2D eigenvalue weighted by atomic mass is 10.1. The van der Waals surface area contributed by atoms with Crippen molar-refractivity contribution >= 4 is 34.8 Å². The Kier molecular flexibility index (Phi) is 4.92. The van der Waals surface area contributed by atoms with Crippen LogP contribution < -0.4 is 0 Å². The fourth-order valence-electron chi connectivity index (χ4n) is 1.67. The summed E-state index contributed by atoms with van der Waals surface area (Å²) in [4.78, 5) is 25.5. The number of carbonyl (C=O) groups is 1. The first-order valence-corrected chi connectivity index (χ1v) is 7.84. The van der Waals surface area contributed by atoms with Crippen LogP contribution >= 0.6 is 23.1 Å². The molecule has 6 nitrogen and oxygen atoms in total. The Morgan fingerprint density at radius 1 is 1.43 bits per heavy atom. The molecular formula is C13H12N2O4S2. The number of hydrogen-bond acceptors (Lipinski definition) is 6. The molecule has 1 heterocycles. The van der Waals surface area contributed by atoms with Gasteiger partial charge in [-0.1, -0.05) is 23.9 Å².